The number of carbonyl (C=O) groups excluding carboxylic acids is 3. The van der Waals surface area contributed by atoms with Crippen LogP contribution in [0.1, 0.15) is 23.6 Å². The van der Waals surface area contributed by atoms with E-state index in [-0.39, 0.29) is 42.9 Å². The quantitative estimate of drug-likeness (QED) is 0.450. The number of nitrogens with zero attached hydrogens (tertiary/aromatic N) is 5. The Bertz CT molecular complexity index is 1070. The van der Waals surface area contributed by atoms with Gasteiger partial charge in [-0.25, -0.2) is 14.0 Å². The van der Waals surface area contributed by atoms with Crippen molar-refractivity contribution in [2.75, 3.05) is 42.6 Å². The Labute approximate surface area is 199 Å². The Morgan fingerprint density at radius 2 is 2.00 bits per heavy atom. The topological polar surface area (TPSA) is 131 Å². The lowest BCUT2D eigenvalue weighted by molar-refractivity contribution is -0.137. The molecule has 2 saturated heterocycles. The number of carbonyl (C=O) groups is 3. The van der Waals surface area contributed by atoms with Gasteiger partial charge in [-0.1, -0.05) is 29.5 Å². The van der Waals surface area contributed by atoms with Gasteiger partial charge in [-0.15, -0.1) is 10.2 Å². The highest BCUT2D eigenvalue weighted by Crippen LogP contribution is 2.34. The second kappa shape index (κ2) is 9.50. The van der Waals surface area contributed by atoms with Gasteiger partial charge in [0, 0.05) is 25.3 Å². The number of anilines is 2. The van der Waals surface area contributed by atoms with E-state index in [0.717, 1.165) is 11.3 Å². The van der Waals surface area contributed by atoms with Crippen LogP contribution in [0.25, 0.3) is 0 Å². The zero-order valence-electron chi connectivity index (χ0n) is 18.7. The summed E-state index contributed by atoms with van der Waals surface area (Å²) >= 11 is 0.933. The van der Waals surface area contributed by atoms with E-state index in [1.165, 1.54) is 9.80 Å². The lowest BCUT2D eigenvalue weighted by atomic mass is 9.90. The average Bonchev–Trinajstić information content (AvgIpc) is 3.46. The van der Waals surface area contributed by atoms with Gasteiger partial charge in [-0.2, -0.15) is 0 Å². The van der Waals surface area contributed by atoms with Crippen molar-refractivity contribution in [2.45, 2.75) is 31.8 Å². The van der Waals surface area contributed by atoms with Gasteiger partial charge in [-0.3, -0.25) is 14.6 Å². The number of alkyl halides is 1. The highest BCUT2D eigenvalue weighted by Gasteiger charge is 2.53. The lowest BCUT2D eigenvalue weighted by Gasteiger charge is -2.46. The molecule has 0 aliphatic carbocycles. The molecule has 182 valence electrons. The standard InChI is InChI=1S/C21H25FN6O5S/c1-3-32-17(29)16-24-25-19(34-16)27-10-9-26(12-15(27)22)21(2,18(23)30)14-11-28(20(31)33-14)13-7-5-4-6-8-13/h4-8,14-15H,3,9-12H2,1-2H3,(H2,23,30). The Hall–Kier alpha value is -3.32. The molecule has 2 aromatic rings. The first-order valence-corrected chi connectivity index (χ1v) is 11.6. The first kappa shape index (κ1) is 23.8. The maximum atomic E-state index is 15.3. The van der Waals surface area contributed by atoms with E-state index in [0.29, 0.717) is 5.69 Å². The largest absolute Gasteiger partial charge is 0.461 e. The van der Waals surface area contributed by atoms with Gasteiger partial charge >= 0.3 is 12.1 Å². The maximum Gasteiger partial charge on any atom is 0.414 e. The zero-order valence-corrected chi connectivity index (χ0v) is 19.5. The average molecular weight is 493 g/mol. The number of ether oxygens (including phenoxy) is 2. The SMILES string of the molecule is CCOC(=O)c1nnc(N2CCN(C(C)(C(N)=O)C3CN(c4ccccc4)C(=O)O3)CC2F)s1. The van der Waals surface area contributed by atoms with E-state index in [2.05, 4.69) is 10.2 Å². The van der Waals surface area contributed by atoms with E-state index in [1.54, 1.807) is 43.0 Å². The molecule has 2 aliphatic rings. The third-order valence-corrected chi connectivity index (χ3v) is 7.03. The summed E-state index contributed by atoms with van der Waals surface area (Å²) in [5.74, 6) is -1.34. The van der Waals surface area contributed by atoms with Gasteiger partial charge in [0.05, 0.1) is 13.2 Å². The fourth-order valence-corrected chi connectivity index (χ4v) is 4.88. The first-order chi connectivity index (χ1) is 16.3. The summed E-state index contributed by atoms with van der Waals surface area (Å²) in [7, 11) is 0. The van der Waals surface area contributed by atoms with Crippen molar-refractivity contribution in [1.82, 2.24) is 15.1 Å². The number of halogens is 1. The van der Waals surface area contributed by atoms with Crippen LogP contribution in [0, 0.1) is 0 Å². The van der Waals surface area contributed by atoms with Crippen LogP contribution in [0.4, 0.5) is 20.0 Å². The van der Waals surface area contributed by atoms with Gasteiger partial charge in [0.1, 0.15) is 11.6 Å². The zero-order chi connectivity index (χ0) is 24.5. The molecular formula is C21H25FN6O5S. The smallest absolute Gasteiger partial charge is 0.414 e. The molecule has 0 spiro atoms. The van der Waals surface area contributed by atoms with Crippen LogP contribution in [0.15, 0.2) is 30.3 Å². The molecule has 3 atom stereocenters. The molecule has 1 aromatic carbocycles. The maximum absolute atomic E-state index is 15.3. The summed E-state index contributed by atoms with van der Waals surface area (Å²) in [6.45, 7) is 3.74. The number of amides is 2. The minimum atomic E-state index is -1.56. The van der Waals surface area contributed by atoms with Gasteiger partial charge in [0.25, 0.3) is 0 Å². The highest BCUT2D eigenvalue weighted by atomic mass is 32.1. The van der Waals surface area contributed by atoms with Crippen LogP contribution >= 0.6 is 11.3 Å². The van der Waals surface area contributed by atoms with Crippen molar-refractivity contribution >= 4 is 40.1 Å². The second-order valence-electron chi connectivity index (χ2n) is 8.01. The summed E-state index contributed by atoms with van der Waals surface area (Å²) in [5.41, 5.74) is 4.96. The normalized spacial score (nSPS) is 22.9. The third kappa shape index (κ3) is 4.28. The summed E-state index contributed by atoms with van der Waals surface area (Å²) in [6, 6.07) is 8.92. The summed E-state index contributed by atoms with van der Waals surface area (Å²) in [6.07, 6.45) is -3.05. The molecule has 0 bridgehead atoms. The Morgan fingerprint density at radius 1 is 1.26 bits per heavy atom. The fraction of sp³-hybridized carbons (Fsp3) is 0.476. The number of esters is 1. The molecule has 13 heteroatoms. The molecule has 34 heavy (non-hydrogen) atoms. The van der Waals surface area contributed by atoms with Gasteiger partial charge in [-0.05, 0) is 26.0 Å². The van der Waals surface area contributed by atoms with Crippen LogP contribution in [0.3, 0.4) is 0 Å². The van der Waals surface area contributed by atoms with E-state index >= 15 is 4.39 Å². The highest BCUT2D eigenvalue weighted by molar-refractivity contribution is 7.17. The number of hydrogen-bond donors (Lipinski definition) is 1. The number of benzene rings is 1. The van der Waals surface area contributed by atoms with Gasteiger partial charge in [0.15, 0.2) is 6.30 Å². The van der Waals surface area contributed by atoms with Crippen LogP contribution in [0.2, 0.25) is 0 Å². The van der Waals surface area contributed by atoms with Crippen molar-refractivity contribution in [1.29, 1.82) is 0 Å². The number of rotatable bonds is 7. The number of para-hydroxylation sites is 1. The Kier molecular flexibility index (Phi) is 6.66. The minimum Gasteiger partial charge on any atom is -0.461 e. The monoisotopic (exact) mass is 492 g/mol. The molecule has 2 amide bonds. The van der Waals surface area contributed by atoms with Crippen molar-refractivity contribution in [2.24, 2.45) is 5.73 Å². The number of aromatic nitrogens is 2. The third-order valence-electron chi connectivity index (χ3n) is 6.09. The minimum absolute atomic E-state index is 0.0346. The molecule has 11 nitrogen and oxygen atoms in total. The van der Waals surface area contributed by atoms with Crippen molar-refractivity contribution in [3.8, 4) is 0 Å². The van der Waals surface area contributed by atoms with E-state index < -0.39 is 35.9 Å². The number of primary amides is 1. The molecule has 3 heterocycles. The number of piperazine rings is 1. The van der Waals surface area contributed by atoms with Crippen molar-refractivity contribution in [3.05, 3.63) is 35.3 Å². The van der Waals surface area contributed by atoms with Crippen LogP contribution in [-0.2, 0) is 14.3 Å². The van der Waals surface area contributed by atoms with E-state index in [9.17, 15) is 14.4 Å². The van der Waals surface area contributed by atoms with Crippen molar-refractivity contribution in [3.63, 3.8) is 0 Å². The molecule has 4 rings (SSSR count). The molecule has 2 fully saturated rings. The fourth-order valence-electron chi connectivity index (χ4n) is 4.08. The molecule has 2 N–H and O–H groups in total. The Morgan fingerprint density at radius 3 is 2.65 bits per heavy atom. The summed E-state index contributed by atoms with van der Waals surface area (Å²) in [4.78, 5) is 41.4. The van der Waals surface area contributed by atoms with E-state index in [4.69, 9.17) is 15.2 Å². The molecule has 1 aromatic heterocycles. The molecule has 2 aliphatic heterocycles. The molecule has 0 radical (unpaired) electrons. The molecule has 3 unspecified atom stereocenters. The Balaban J connectivity index is 1.49. The van der Waals surface area contributed by atoms with Crippen molar-refractivity contribution < 1.29 is 28.2 Å². The van der Waals surface area contributed by atoms with Gasteiger partial charge in [0.2, 0.25) is 16.0 Å². The number of nitrogens with two attached hydrogens (primary N) is 1. The van der Waals surface area contributed by atoms with Crippen LogP contribution < -0.4 is 15.5 Å². The van der Waals surface area contributed by atoms with E-state index in [1.807, 2.05) is 6.07 Å². The predicted octanol–water partition coefficient (Wildman–Crippen LogP) is 1.40. The van der Waals surface area contributed by atoms with Gasteiger partial charge < -0.3 is 20.1 Å². The molecule has 0 saturated carbocycles. The summed E-state index contributed by atoms with van der Waals surface area (Å²) < 4.78 is 25.7. The van der Waals surface area contributed by atoms with Crippen LogP contribution in [0.5, 0.6) is 0 Å². The summed E-state index contributed by atoms with van der Waals surface area (Å²) in [5, 5.41) is 7.97. The van der Waals surface area contributed by atoms with Crippen LogP contribution in [-0.4, -0.2) is 83.8 Å². The predicted molar refractivity (Wildman–Crippen MR) is 121 cm³/mol. The number of hydrogen-bond acceptors (Lipinski definition) is 10. The lowest BCUT2D eigenvalue weighted by Crippen LogP contribution is -2.68. The second-order valence-corrected chi connectivity index (χ2v) is 8.97. The number of cyclic esters (lactones) is 1. The first-order valence-electron chi connectivity index (χ1n) is 10.7. The molecular weight excluding hydrogens is 467 g/mol.